The van der Waals surface area contributed by atoms with Gasteiger partial charge in [-0.15, -0.1) is 0 Å². The van der Waals surface area contributed by atoms with E-state index in [1.54, 1.807) is 6.92 Å². The van der Waals surface area contributed by atoms with Gasteiger partial charge in [-0.05, 0) is 30.7 Å². The van der Waals surface area contributed by atoms with Crippen LogP contribution in [0.15, 0.2) is 48.5 Å². The van der Waals surface area contributed by atoms with Crippen LogP contribution in [0.3, 0.4) is 0 Å². The van der Waals surface area contributed by atoms with Crippen LogP contribution in [0.1, 0.15) is 39.2 Å². The van der Waals surface area contributed by atoms with Crippen molar-refractivity contribution >= 4 is 27.6 Å². The number of sulfonamides is 1. The van der Waals surface area contributed by atoms with Gasteiger partial charge in [-0.3, -0.25) is 9.10 Å². The number of anilines is 1. The molecule has 2 N–H and O–H groups in total. The van der Waals surface area contributed by atoms with Gasteiger partial charge < -0.3 is 10.4 Å². The average Bonchev–Trinajstić information content (AvgIpc) is 2.60. The Bertz CT molecular complexity index is 926. The molecule has 0 aliphatic heterocycles. The van der Waals surface area contributed by atoms with E-state index in [1.165, 1.54) is 25.2 Å². The average molecular weight is 376 g/mol. The summed E-state index contributed by atoms with van der Waals surface area (Å²) >= 11 is 0. The van der Waals surface area contributed by atoms with Crippen LogP contribution in [0.25, 0.3) is 0 Å². The van der Waals surface area contributed by atoms with E-state index < -0.39 is 21.9 Å². The summed E-state index contributed by atoms with van der Waals surface area (Å²) in [6, 6.07) is 12.8. The lowest BCUT2D eigenvalue weighted by Crippen LogP contribution is -2.28. The Labute approximate surface area is 152 Å². The van der Waals surface area contributed by atoms with Gasteiger partial charge in [0.2, 0.25) is 10.0 Å². The van der Waals surface area contributed by atoms with Crippen LogP contribution in [0.5, 0.6) is 0 Å². The third-order valence-corrected chi connectivity index (χ3v) is 5.14. The molecule has 0 saturated carbocycles. The Morgan fingerprint density at radius 2 is 1.65 bits per heavy atom. The minimum atomic E-state index is -3.60. The van der Waals surface area contributed by atoms with E-state index >= 15 is 0 Å². The summed E-state index contributed by atoms with van der Waals surface area (Å²) in [5.74, 6) is -1.74. The van der Waals surface area contributed by atoms with Gasteiger partial charge in [0, 0.05) is 12.6 Å². The predicted octanol–water partition coefficient (Wildman–Crippen LogP) is 2.27. The number of hydrogen-bond acceptors (Lipinski definition) is 4. The Hall–Kier alpha value is -2.87. The molecule has 1 atom stereocenters. The monoisotopic (exact) mass is 376 g/mol. The highest BCUT2D eigenvalue weighted by atomic mass is 32.2. The molecule has 0 spiro atoms. The zero-order valence-corrected chi connectivity index (χ0v) is 15.4. The predicted molar refractivity (Wildman–Crippen MR) is 99.0 cm³/mol. The first kappa shape index (κ1) is 19.5. The van der Waals surface area contributed by atoms with E-state index in [2.05, 4.69) is 5.32 Å². The fraction of sp³-hybridized carbons (Fsp3) is 0.222. The SMILES string of the molecule is C[C@H](NC(=O)c1cc(C(=O)O)cc(N(C)S(C)(=O)=O)c1)c1ccccc1. The van der Waals surface area contributed by atoms with Gasteiger partial charge in [-0.1, -0.05) is 30.3 Å². The number of nitrogens with one attached hydrogen (secondary N) is 1. The second-order valence-corrected chi connectivity index (χ2v) is 7.92. The first-order valence-electron chi connectivity index (χ1n) is 7.77. The number of carbonyl (C=O) groups is 2. The normalized spacial score (nSPS) is 12.3. The second-order valence-electron chi connectivity index (χ2n) is 5.91. The molecule has 8 heteroatoms. The molecule has 1 amide bonds. The summed E-state index contributed by atoms with van der Waals surface area (Å²) in [6.45, 7) is 1.80. The summed E-state index contributed by atoms with van der Waals surface area (Å²) in [7, 11) is -2.30. The lowest BCUT2D eigenvalue weighted by Gasteiger charge is -2.19. The fourth-order valence-electron chi connectivity index (χ4n) is 2.34. The van der Waals surface area contributed by atoms with E-state index in [1.807, 2.05) is 30.3 Å². The van der Waals surface area contributed by atoms with Crippen molar-refractivity contribution in [3.63, 3.8) is 0 Å². The van der Waals surface area contributed by atoms with Crippen molar-refractivity contribution in [3.8, 4) is 0 Å². The molecule has 0 aromatic heterocycles. The number of hydrogen-bond donors (Lipinski definition) is 2. The minimum Gasteiger partial charge on any atom is -0.478 e. The van der Waals surface area contributed by atoms with E-state index in [0.29, 0.717) is 0 Å². The Morgan fingerprint density at radius 1 is 1.08 bits per heavy atom. The number of carboxylic acid groups (broad SMARTS) is 1. The Kier molecular flexibility index (Phi) is 5.66. The number of amides is 1. The molecule has 2 aromatic rings. The molecular formula is C18H20N2O5S. The van der Waals surface area contributed by atoms with Crippen LogP contribution in [0.4, 0.5) is 5.69 Å². The number of benzene rings is 2. The topological polar surface area (TPSA) is 104 Å². The van der Waals surface area contributed by atoms with Crippen LogP contribution in [-0.2, 0) is 10.0 Å². The number of carbonyl (C=O) groups excluding carboxylic acids is 1. The Balaban J connectivity index is 2.37. The number of carboxylic acids is 1. The maximum absolute atomic E-state index is 12.6. The summed E-state index contributed by atoms with van der Waals surface area (Å²) in [4.78, 5) is 23.9. The van der Waals surface area contributed by atoms with Gasteiger partial charge in [0.25, 0.3) is 5.91 Å². The van der Waals surface area contributed by atoms with Crippen molar-refractivity contribution in [2.75, 3.05) is 17.6 Å². The lowest BCUT2D eigenvalue weighted by molar-refractivity contribution is 0.0697. The van der Waals surface area contributed by atoms with Crippen molar-refractivity contribution in [2.24, 2.45) is 0 Å². The Morgan fingerprint density at radius 3 is 2.19 bits per heavy atom. The standard InChI is InChI=1S/C18H20N2O5S/c1-12(13-7-5-4-6-8-13)19-17(21)14-9-15(18(22)23)11-16(10-14)20(2)26(3,24)25/h4-12H,1-3H3,(H,19,21)(H,22,23)/t12-/m0/s1. The molecule has 138 valence electrons. The van der Waals surface area contributed by atoms with E-state index in [-0.39, 0.29) is 22.9 Å². The smallest absolute Gasteiger partial charge is 0.335 e. The first-order chi connectivity index (χ1) is 12.1. The highest BCUT2D eigenvalue weighted by molar-refractivity contribution is 7.92. The van der Waals surface area contributed by atoms with Gasteiger partial charge in [-0.2, -0.15) is 0 Å². The molecule has 0 radical (unpaired) electrons. The molecule has 0 aliphatic rings. The molecular weight excluding hydrogens is 356 g/mol. The molecule has 0 bridgehead atoms. The van der Waals surface area contributed by atoms with Crippen LogP contribution in [0.2, 0.25) is 0 Å². The van der Waals surface area contributed by atoms with Crippen molar-refractivity contribution in [1.29, 1.82) is 0 Å². The highest BCUT2D eigenvalue weighted by Gasteiger charge is 2.19. The van der Waals surface area contributed by atoms with Crippen LogP contribution in [0, 0.1) is 0 Å². The summed E-state index contributed by atoms with van der Waals surface area (Å²) in [5, 5.41) is 12.0. The maximum atomic E-state index is 12.6. The highest BCUT2D eigenvalue weighted by Crippen LogP contribution is 2.21. The van der Waals surface area contributed by atoms with Gasteiger partial charge in [-0.25, -0.2) is 13.2 Å². The van der Waals surface area contributed by atoms with Crippen LogP contribution in [-0.4, -0.2) is 38.7 Å². The number of nitrogens with zero attached hydrogens (tertiary/aromatic N) is 1. The zero-order chi connectivity index (χ0) is 19.5. The summed E-state index contributed by atoms with van der Waals surface area (Å²) < 4.78 is 24.4. The van der Waals surface area contributed by atoms with Crippen molar-refractivity contribution in [1.82, 2.24) is 5.32 Å². The minimum absolute atomic E-state index is 0.0678. The van der Waals surface area contributed by atoms with E-state index in [0.717, 1.165) is 16.1 Å². The van der Waals surface area contributed by atoms with Crippen LogP contribution < -0.4 is 9.62 Å². The fourth-order valence-corrected chi connectivity index (χ4v) is 2.83. The zero-order valence-electron chi connectivity index (χ0n) is 14.6. The van der Waals surface area contributed by atoms with Gasteiger partial charge in [0.05, 0.1) is 23.5 Å². The van der Waals surface area contributed by atoms with Gasteiger partial charge in [0.15, 0.2) is 0 Å². The molecule has 0 aliphatic carbocycles. The third-order valence-electron chi connectivity index (χ3n) is 3.94. The molecule has 0 heterocycles. The molecule has 26 heavy (non-hydrogen) atoms. The van der Waals surface area contributed by atoms with E-state index in [4.69, 9.17) is 0 Å². The number of aromatic carboxylic acids is 1. The van der Waals surface area contributed by atoms with E-state index in [9.17, 15) is 23.1 Å². The molecule has 7 nitrogen and oxygen atoms in total. The molecule has 0 unspecified atom stereocenters. The van der Waals surface area contributed by atoms with Gasteiger partial charge >= 0.3 is 5.97 Å². The molecule has 2 rings (SSSR count). The third kappa shape index (κ3) is 4.60. The molecule has 0 fully saturated rings. The van der Waals surface area contributed by atoms with Crippen molar-refractivity contribution < 1.29 is 23.1 Å². The maximum Gasteiger partial charge on any atom is 0.335 e. The largest absolute Gasteiger partial charge is 0.478 e. The summed E-state index contributed by atoms with van der Waals surface area (Å²) in [6.07, 6.45) is 0.998. The quantitative estimate of drug-likeness (QED) is 0.805. The number of rotatable bonds is 6. The first-order valence-corrected chi connectivity index (χ1v) is 9.62. The molecule has 2 aromatic carbocycles. The molecule has 0 saturated heterocycles. The van der Waals surface area contributed by atoms with Crippen LogP contribution >= 0.6 is 0 Å². The van der Waals surface area contributed by atoms with Crippen molar-refractivity contribution in [3.05, 3.63) is 65.2 Å². The van der Waals surface area contributed by atoms with Crippen molar-refractivity contribution in [2.45, 2.75) is 13.0 Å². The van der Waals surface area contributed by atoms with Gasteiger partial charge in [0.1, 0.15) is 0 Å². The summed E-state index contributed by atoms with van der Waals surface area (Å²) in [5.41, 5.74) is 0.891. The lowest BCUT2D eigenvalue weighted by atomic mass is 10.1. The second kappa shape index (κ2) is 7.57.